The third-order valence-corrected chi connectivity index (χ3v) is 5.09. The number of imidazole rings is 1. The summed E-state index contributed by atoms with van der Waals surface area (Å²) in [4.78, 5) is 21.7. The second-order valence-electron chi connectivity index (χ2n) is 6.09. The summed E-state index contributed by atoms with van der Waals surface area (Å²) in [6.45, 7) is 1.88. The zero-order chi connectivity index (χ0) is 19.5. The highest BCUT2D eigenvalue weighted by atomic mass is 32.1. The number of rotatable bonds is 5. The van der Waals surface area contributed by atoms with Gasteiger partial charge in [0.1, 0.15) is 17.4 Å². The van der Waals surface area contributed by atoms with Crippen LogP contribution in [0.2, 0.25) is 0 Å². The number of carbonyl (C=O) groups is 1. The molecule has 140 valence electrons. The number of ether oxygens (including phenoxy) is 1. The van der Waals surface area contributed by atoms with E-state index in [4.69, 9.17) is 9.72 Å². The third kappa shape index (κ3) is 3.52. The Morgan fingerprint density at radius 3 is 2.75 bits per heavy atom. The van der Waals surface area contributed by atoms with Crippen LogP contribution in [-0.4, -0.2) is 27.6 Å². The van der Waals surface area contributed by atoms with Gasteiger partial charge in [0.25, 0.3) is 5.91 Å². The van der Waals surface area contributed by atoms with Gasteiger partial charge in [-0.1, -0.05) is 36.4 Å². The number of amides is 1. The number of aryl methyl sites for hydroxylation is 1. The average molecular weight is 390 g/mol. The lowest BCUT2D eigenvalue weighted by atomic mass is 10.2. The van der Waals surface area contributed by atoms with Gasteiger partial charge in [-0.05, 0) is 25.1 Å². The van der Waals surface area contributed by atoms with Crippen molar-refractivity contribution in [2.75, 3.05) is 12.4 Å². The molecule has 4 aromatic rings. The lowest BCUT2D eigenvalue weighted by molar-refractivity contribution is 0.102. The zero-order valence-corrected chi connectivity index (χ0v) is 16.2. The van der Waals surface area contributed by atoms with E-state index in [0.29, 0.717) is 17.1 Å². The summed E-state index contributed by atoms with van der Waals surface area (Å²) < 4.78 is 7.03. The summed E-state index contributed by atoms with van der Waals surface area (Å²) in [6, 6.07) is 17.0. The maximum Gasteiger partial charge on any atom is 0.256 e. The van der Waals surface area contributed by atoms with Gasteiger partial charge in [0.15, 0.2) is 5.13 Å². The summed E-state index contributed by atoms with van der Waals surface area (Å²) in [5.41, 5.74) is 2.44. The van der Waals surface area contributed by atoms with Crippen molar-refractivity contribution in [1.82, 2.24) is 14.5 Å². The average Bonchev–Trinajstić information content (AvgIpc) is 3.35. The Labute approximate surface area is 166 Å². The maximum absolute atomic E-state index is 12.7. The van der Waals surface area contributed by atoms with Crippen LogP contribution in [0.5, 0.6) is 5.75 Å². The van der Waals surface area contributed by atoms with Crippen molar-refractivity contribution in [1.29, 1.82) is 0 Å². The van der Waals surface area contributed by atoms with Crippen molar-refractivity contribution < 1.29 is 9.53 Å². The van der Waals surface area contributed by atoms with E-state index in [-0.39, 0.29) is 5.91 Å². The number of hydrogen-bond acceptors (Lipinski definition) is 5. The number of anilines is 1. The van der Waals surface area contributed by atoms with Crippen molar-refractivity contribution in [2.24, 2.45) is 0 Å². The minimum Gasteiger partial charge on any atom is -0.497 e. The topological polar surface area (TPSA) is 69.0 Å². The number of nitrogens with zero attached hydrogens (tertiary/aromatic N) is 3. The molecule has 0 aliphatic rings. The monoisotopic (exact) mass is 390 g/mol. The van der Waals surface area contributed by atoms with Gasteiger partial charge < -0.3 is 10.1 Å². The molecule has 0 bridgehead atoms. The van der Waals surface area contributed by atoms with Gasteiger partial charge in [0.2, 0.25) is 0 Å². The van der Waals surface area contributed by atoms with Crippen LogP contribution in [0.15, 0.2) is 66.2 Å². The molecule has 0 saturated heterocycles. The first kappa shape index (κ1) is 17.9. The molecule has 2 aromatic carbocycles. The number of methoxy groups -OCH3 is 1. The quantitative estimate of drug-likeness (QED) is 0.542. The Morgan fingerprint density at radius 1 is 1.14 bits per heavy atom. The van der Waals surface area contributed by atoms with Crippen LogP contribution in [0.4, 0.5) is 5.82 Å². The minimum absolute atomic E-state index is 0.236. The Kier molecular flexibility index (Phi) is 4.90. The highest BCUT2D eigenvalue weighted by Gasteiger charge is 2.16. The van der Waals surface area contributed by atoms with E-state index in [9.17, 15) is 4.79 Å². The third-order valence-electron chi connectivity index (χ3n) is 4.26. The molecule has 0 aliphatic heterocycles. The van der Waals surface area contributed by atoms with Gasteiger partial charge in [0, 0.05) is 16.5 Å². The first-order chi connectivity index (χ1) is 13.7. The van der Waals surface area contributed by atoms with Crippen LogP contribution in [-0.2, 0) is 0 Å². The van der Waals surface area contributed by atoms with Crippen molar-refractivity contribution in [3.05, 3.63) is 77.6 Å². The van der Waals surface area contributed by atoms with E-state index in [1.165, 1.54) is 11.3 Å². The number of benzene rings is 2. The molecule has 0 radical (unpaired) electrons. The van der Waals surface area contributed by atoms with Crippen molar-refractivity contribution in [3.8, 4) is 22.1 Å². The zero-order valence-electron chi connectivity index (χ0n) is 15.4. The molecule has 4 rings (SSSR count). The van der Waals surface area contributed by atoms with Gasteiger partial charge in [-0.25, -0.2) is 9.97 Å². The Bertz CT molecular complexity index is 1120. The number of hydrogen-bond donors (Lipinski definition) is 1. The van der Waals surface area contributed by atoms with Crippen LogP contribution >= 0.6 is 11.3 Å². The standard InChI is InChI=1S/C21H18N4O2S/c1-14-22-12-19(24-20(26)16-9-6-10-17(11-16)27-2)25(14)21-23-18(13-28-21)15-7-4-3-5-8-15/h3-13H,1-2H3,(H,24,26). The van der Waals surface area contributed by atoms with E-state index in [0.717, 1.165) is 22.2 Å². The highest BCUT2D eigenvalue weighted by molar-refractivity contribution is 7.12. The Hall–Kier alpha value is -3.45. The lowest BCUT2D eigenvalue weighted by Crippen LogP contribution is -2.15. The number of aromatic nitrogens is 3. The molecular weight excluding hydrogens is 372 g/mol. The van der Waals surface area contributed by atoms with Gasteiger partial charge in [-0.3, -0.25) is 9.36 Å². The molecule has 2 heterocycles. The first-order valence-corrected chi connectivity index (χ1v) is 9.55. The second-order valence-corrected chi connectivity index (χ2v) is 6.93. The summed E-state index contributed by atoms with van der Waals surface area (Å²) in [5.74, 6) is 1.71. The molecule has 2 aromatic heterocycles. The fourth-order valence-electron chi connectivity index (χ4n) is 2.84. The molecule has 1 amide bonds. The molecule has 7 heteroatoms. The van der Waals surface area contributed by atoms with Crippen LogP contribution < -0.4 is 10.1 Å². The smallest absolute Gasteiger partial charge is 0.256 e. The van der Waals surface area contributed by atoms with Crippen LogP contribution in [0, 0.1) is 6.92 Å². The molecule has 0 fully saturated rings. The van der Waals surface area contributed by atoms with E-state index in [2.05, 4.69) is 10.3 Å². The van der Waals surface area contributed by atoms with Gasteiger partial charge in [-0.2, -0.15) is 0 Å². The van der Waals surface area contributed by atoms with Crippen molar-refractivity contribution >= 4 is 23.1 Å². The molecule has 0 spiro atoms. The fourth-order valence-corrected chi connectivity index (χ4v) is 3.73. The number of thiazole rings is 1. The number of carbonyl (C=O) groups excluding carboxylic acids is 1. The van der Waals surface area contributed by atoms with Gasteiger partial charge >= 0.3 is 0 Å². The predicted octanol–water partition coefficient (Wildman–Crippen LogP) is 4.57. The molecule has 6 nitrogen and oxygen atoms in total. The van der Waals surface area contributed by atoms with Crippen molar-refractivity contribution in [2.45, 2.75) is 6.92 Å². The first-order valence-electron chi connectivity index (χ1n) is 8.67. The van der Waals surface area contributed by atoms with Gasteiger partial charge in [-0.15, -0.1) is 11.3 Å². The lowest BCUT2D eigenvalue weighted by Gasteiger charge is -2.09. The maximum atomic E-state index is 12.7. The number of nitrogens with one attached hydrogen (secondary N) is 1. The largest absolute Gasteiger partial charge is 0.497 e. The normalized spacial score (nSPS) is 10.6. The molecule has 1 N–H and O–H groups in total. The van der Waals surface area contributed by atoms with E-state index >= 15 is 0 Å². The van der Waals surface area contributed by atoms with E-state index < -0.39 is 0 Å². The summed E-state index contributed by atoms with van der Waals surface area (Å²) in [7, 11) is 1.57. The summed E-state index contributed by atoms with van der Waals surface area (Å²) in [5, 5.41) is 5.66. The SMILES string of the molecule is COc1cccc(C(=O)Nc2cnc(C)n2-c2nc(-c3ccccc3)cs2)c1. The van der Waals surface area contributed by atoms with Crippen LogP contribution in [0.1, 0.15) is 16.2 Å². The summed E-state index contributed by atoms with van der Waals surface area (Å²) >= 11 is 1.50. The second kappa shape index (κ2) is 7.66. The molecule has 0 aliphatic carbocycles. The summed E-state index contributed by atoms with van der Waals surface area (Å²) in [6.07, 6.45) is 1.64. The minimum atomic E-state index is -0.236. The fraction of sp³-hybridized carbons (Fsp3) is 0.0952. The molecular formula is C21H18N4O2S. The van der Waals surface area contributed by atoms with Crippen molar-refractivity contribution in [3.63, 3.8) is 0 Å². The highest BCUT2D eigenvalue weighted by Crippen LogP contribution is 2.27. The molecule has 28 heavy (non-hydrogen) atoms. The Morgan fingerprint density at radius 2 is 1.96 bits per heavy atom. The van der Waals surface area contributed by atoms with Crippen LogP contribution in [0.3, 0.4) is 0 Å². The molecule has 0 unspecified atom stereocenters. The van der Waals surface area contributed by atoms with Crippen LogP contribution in [0.25, 0.3) is 16.4 Å². The molecule has 0 saturated carbocycles. The molecule has 0 atom stereocenters. The Balaban J connectivity index is 1.63. The van der Waals surface area contributed by atoms with E-state index in [1.807, 2.05) is 47.2 Å². The van der Waals surface area contributed by atoms with Gasteiger partial charge in [0.05, 0.1) is 19.0 Å². The van der Waals surface area contributed by atoms with E-state index in [1.54, 1.807) is 37.6 Å². The predicted molar refractivity (Wildman–Crippen MR) is 110 cm³/mol.